The van der Waals surface area contributed by atoms with Crippen LogP contribution in [0.2, 0.25) is 0 Å². The SMILES string of the molecule is CCOc1cc(/C=C(/C#N)C(=O)N2CCN(c3ccccc3)CC2)ccc1OCc1ccc(F)cc1. The molecule has 184 valence electrons. The van der Waals surface area contributed by atoms with E-state index >= 15 is 0 Å². The molecular formula is C29H28FN3O3. The summed E-state index contributed by atoms with van der Waals surface area (Å²) in [6.07, 6.45) is 1.58. The van der Waals surface area contributed by atoms with Crippen molar-refractivity contribution >= 4 is 17.7 Å². The van der Waals surface area contributed by atoms with E-state index in [4.69, 9.17) is 9.47 Å². The van der Waals surface area contributed by atoms with Crippen molar-refractivity contribution in [2.45, 2.75) is 13.5 Å². The van der Waals surface area contributed by atoms with E-state index in [-0.39, 0.29) is 23.9 Å². The molecule has 1 fully saturated rings. The summed E-state index contributed by atoms with van der Waals surface area (Å²) in [5, 5.41) is 9.72. The number of rotatable bonds is 8. The first-order chi connectivity index (χ1) is 17.6. The van der Waals surface area contributed by atoms with Crippen LogP contribution in [0.5, 0.6) is 11.5 Å². The highest BCUT2D eigenvalue weighted by Gasteiger charge is 2.24. The predicted octanol–water partition coefficient (Wildman–Crippen LogP) is 5.06. The van der Waals surface area contributed by atoms with E-state index in [1.165, 1.54) is 12.1 Å². The van der Waals surface area contributed by atoms with Crippen LogP contribution in [0.3, 0.4) is 0 Å². The zero-order chi connectivity index (χ0) is 25.3. The Labute approximate surface area is 210 Å². The fourth-order valence-electron chi connectivity index (χ4n) is 4.03. The number of amides is 1. The van der Waals surface area contributed by atoms with E-state index in [2.05, 4.69) is 23.1 Å². The van der Waals surface area contributed by atoms with Crippen LogP contribution >= 0.6 is 0 Å². The standard InChI is InChI=1S/C29H28FN3O3/c1-2-35-28-19-23(10-13-27(28)36-21-22-8-11-25(30)12-9-22)18-24(20-31)29(34)33-16-14-32(15-17-33)26-6-4-3-5-7-26/h3-13,18-19H,2,14-17,21H2,1H3/b24-18-. The van der Waals surface area contributed by atoms with Gasteiger partial charge in [0.25, 0.3) is 5.91 Å². The second kappa shape index (κ2) is 11.9. The van der Waals surface area contributed by atoms with Gasteiger partial charge in [-0.05, 0) is 60.5 Å². The molecule has 3 aromatic rings. The van der Waals surface area contributed by atoms with Crippen LogP contribution in [0.4, 0.5) is 10.1 Å². The van der Waals surface area contributed by atoms with Gasteiger partial charge in [-0.3, -0.25) is 4.79 Å². The number of anilines is 1. The minimum absolute atomic E-state index is 0.0746. The quantitative estimate of drug-likeness (QED) is 0.330. The summed E-state index contributed by atoms with van der Waals surface area (Å²) in [5.74, 6) is 0.459. The number of hydrogen-bond donors (Lipinski definition) is 0. The molecule has 0 unspecified atom stereocenters. The lowest BCUT2D eigenvalue weighted by Gasteiger charge is -2.36. The van der Waals surface area contributed by atoms with Gasteiger partial charge in [-0.1, -0.05) is 36.4 Å². The van der Waals surface area contributed by atoms with Crippen molar-refractivity contribution in [2.75, 3.05) is 37.7 Å². The number of hydrogen-bond acceptors (Lipinski definition) is 5. The van der Waals surface area contributed by atoms with E-state index in [0.29, 0.717) is 49.8 Å². The summed E-state index contributed by atoms with van der Waals surface area (Å²) in [5.41, 5.74) is 2.70. The Hall–Kier alpha value is -4.31. The number of piperazine rings is 1. The Balaban J connectivity index is 1.44. The summed E-state index contributed by atoms with van der Waals surface area (Å²) < 4.78 is 24.7. The molecule has 1 aliphatic rings. The number of nitriles is 1. The van der Waals surface area contributed by atoms with Gasteiger partial charge in [-0.15, -0.1) is 0 Å². The highest BCUT2D eigenvalue weighted by Crippen LogP contribution is 2.30. The van der Waals surface area contributed by atoms with E-state index in [9.17, 15) is 14.4 Å². The summed E-state index contributed by atoms with van der Waals surface area (Å²) in [6, 6.07) is 23.5. The first-order valence-electron chi connectivity index (χ1n) is 11.9. The van der Waals surface area contributed by atoms with E-state index < -0.39 is 0 Å². The molecule has 1 amide bonds. The van der Waals surface area contributed by atoms with Gasteiger partial charge >= 0.3 is 0 Å². The Bertz CT molecular complexity index is 1250. The van der Waals surface area contributed by atoms with Crippen LogP contribution in [-0.2, 0) is 11.4 Å². The van der Waals surface area contributed by atoms with Crippen molar-refractivity contribution in [3.63, 3.8) is 0 Å². The van der Waals surface area contributed by atoms with Crippen molar-refractivity contribution < 1.29 is 18.7 Å². The molecule has 0 radical (unpaired) electrons. The second-order valence-electron chi connectivity index (χ2n) is 8.34. The predicted molar refractivity (Wildman–Crippen MR) is 137 cm³/mol. The van der Waals surface area contributed by atoms with Gasteiger partial charge in [0.1, 0.15) is 24.1 Å². The maximum absolute atomic E-state index is 13.1. The molecule has 36 heavy (non-hydrogen) atoms. The molecule has 0 saturated carbocycles. The van der Waals surface area contributed by atoms with Crippen LogP contribution in [0.25, 0.3) is 6.08 Å². The minimum atomic E-state index is -0.300. The van der Waals surface area contributed by atoms with Gasteiger partial charge in [-0.2, -0.15) is 5.26 Å². The maximum Gasteiger partial charge on any atom is 0.264 e. The van der Waals surface area contributed by atoms with Crippen LogP contribution < -0.4 is 14.4 Å². The molecule has 6 nitrogen and oxygen atoms in total. The van der Waals surface area contributed by atoms with Crippen molar-refractivity contribution in [1.29, 1.82) is 5.26 Å². The van der Waals surface area contributed by atoms with Gasteiger partial charge in [0, 0.05) is 31.9 Å². The summed E-state index contributed by atoms with van der Waals surface area (Å²) in [6.45, 7) is 5.07. The van der Waals surface area contributed by atoms with Crippen molar-refractivity contribution in [1.82, 2.24) is 4.90 Å². The van der Waals surface area contributed by atoms with Crippen molar-refractivity contribution in [3.05, 3.63) is 95.3 Å². The van der Waals surface area contributed by atoms with Crippen LogP contribution in [-0.4, -0.2) is 43.6 Å². The topological polar surface area (TPSA) is 65.8 Å². The third-order valence-electron chi connectivity index (χ3n) is 5.93. The van der Waals surface area contributed by atoms with Crippen LogP contribution in [0.1, 0.15) is 18.1 Å². The number of benzene rings is 3. The van der Waals surface area contributed by atoms with Gasteiger partial charge in [0.2, 0.25) is 0 Å². The number of carbonyl (C=O) groups excluding carboxylic acids is 1. The Morgan fingerprint density at radius 3 is 2.36 bits per heavy atom. The average molecular weight is 486 g/mol. The average Bonchev–Trinajstić information content (AvgIpc) is 2.92. The van der Waals surface area contributed by atoms with Gasteiger partial charge in [0.05, 0.1) is 6.61 Å². The molecule has 0 spiro atoms. The first kappa shape index (κ1) is 24.8. The lowest BCUT2D eigenvalue weighted by atomic mass is 10.1. The molecule has 0 bridgehead atoms. The smallest absolute Gasteiger partial charge is 0.264 e. The third kappa shape index (κ3) is 6.22. The summed E-state index contributed by atoms with van der Waals surface area (Å²) in [4.78, 5) is 17.0. The second-order valence-corrected chi connectivity index (χ2v) is 8.34. The van der Waals surface area contributed by atoms with E-state index in [0.717, 1.165) is 11.3 Å². The van der Waals surface area contributed by atoms with Gasteiger partial charge in [0.15, 0.2) is 11.5 Å². The fraction of sp³-hybridized carbons (Fsp3) is 0.241. The largest absolute Gasteiger partial charge is 0.490 e. The number of para-hydroxylation sites is 1. The number of halogens is 1. The minimum Gasteiger partial charge on any atom is -0.490 e. The lowest BCUT2D eigenvalue weighted by Crippen LogP contribution is -2.49. The zero-order valence-electron chi connectivity index (χ0n) is 20.2. The molecule has 7 heteroatoms. The zero-order valence-corrected chi connectivity index (χ0v) is 20.2. The summed E-state index contributed by atoms with van der Waals surface area (Å²) >= 11 is 0. The molecular weight excluding hydrogens is 457 g/mol. The highest BCUT2D eigenvalue weighted by molar-refractivity contribution is 6.01. The Kier molecular flexibility index (Phi) is 8.20. The molecule has 1 saturated heterocycles. The number of ether oxygens (including phenoxy) is 2. The monoisotopic (exact) mass is 485 g/mol. The number of nitrogens with zero attached hydrogens (tertiary/aromatic N) is 3. The van der Waals surface area contributed by atoms with Crippen molar-refractivity contribution in [2.24, 2.45) is 0 Å². The number of carbonyl (C=O) groups is 1. The normalized spacial score (nSPS) is 13.8. The highest BCUT2D eigenvalue weighted by atomic mass is 19.1. The van der Waals surface area contributed by atoms with E-state index in [1.807, 2.05) is 25.1 Å². The molecule has 1 heterocycles. The maximum atomic E-state index is 13.1. The van der Waals surface area contributed by atoms with Crippen molar-refractivity contribution in [3.8, 4) is 17.6 Å². The molecule has 0 N–H and O–H groups in total. The van der Waals surface area contributed by atoms with Crippen LogP contribution in [0.15, 0.2) is 78.4 Å². The summed E-state index contributed by atoms with van der Waals surface area (Å²) in [7, 11) is 0. The van der Waals surface area contributed by atoms with Gasteiger partial charge in [-0.25, -0.2) is 4.39 Å². The molecule has 0 aliphatic carbocycles. The lowest BCUT2D eigenvalue weighted by molar-refractivity contribution is -0.126. The molecule has 0 atom stereocenters. The third-order valence-corrected chi connectivity index (χ3v) is 5.93. The Morgan fingerprint density at radius 1 is 0.972 bits per heavy atom. The first-order valence-corrected chi connectivity index (χ1v) is 11.9. The molecule has 1 aliphatic heterocycles. The van der Waals surface area contributed by atoms with Gasteiger partial charge < -0.3 is 19.3 Å². The Morgan fingerprint density at radius 2 is 1.69 bits per heavy atom. The van der Waals surface area contributed by atoms with E-state index in [1.54, 1.807) is 41.3 Å². The molecule has 4 rings (SSSR count). The molecule has 0 aromatic heterocycles. The van der Waals surface area contributed by atoms with Crippen LogP contribution in [0, 0.1) is 17.1 Å². The fourth-order valence-corrected chi connectivity index (χ4v) is 4.03. The molecule has 3 aromatic carbocycles.